The predicted octanol–water partition coefficient (Wildman–Crippen LogP) is 3.86. The molecule has 1 saturated heterocycles. The first-order valence-corrected chi connectivity index (χ1v) is 12.4. The Bertz CT molecular complexity index is 1030. The van der Waals surface area contributed by atoms with Crippen LogP contribution in [0.1, 0.15) is 31.4 Å². The number of imidazole rings is 1. The van der Waals surface area contributed by atoms with E-state index in [9.17, 15) is 0 Å². The molecule has 33 heavy (non-hydrogen) atoms. The van der Waals surface area contributed by atoms with Crippen LogP contribution in [-0.2, 0) is 13.1 Å². The maximum atomic E-state index is 6.11. The minimum absolute atomic E-state index is 0.618. The molecule has 0 bridgehead atoms. The van der Waals surface area contributed by atoms with Gasteiger partial charge in [0.1, 0.15) is 5.75 Å². The first-order chi connectivity index (χ1) is 16.2. The van der Waals surface area contributed by atoms with E-state index in [1.165, 1.54) is 44.4 Å². The summed E-state index contributed by atoms with van der Waals surface area (Å²) in [6.45, 7) is 8.25. The second-order valence-corrected chi connectivity index (χ2v) is 9.57. The van der Waals surface area contributed by atoms with E-state index in [0.717, 1.165) is 55.5 Å². The van der Waals surface area contributed by atoms with Crippen LogP contribution in [0.25, 0.3) is 11.0 Å². The van der Waals surface area contributed by atoms with E-state index in [1.54, 1.807) is 0 Å². The topological polar surface area (TPSA) is 58.5 Å². The molecule has 1 fully saturated rings. The zero-order valence-corrected chi connectivity index (χ0v) is 19.7. The molecule has 7 nitrogen and oxygen atoms in total. The van der Waals surface area contributed by atoms with Crippen molar-refractivity contribution >= 4 is 17.0 Å². The minimum Gasteiger partial charge on any atom is -0.493 e. The van der Waals surface area contributed by atoms with Crippen molar-refractivity contribution in [1.29, 1.82) is 0 Å². The SMILES string of the molecule is CN(CCCOc1ccc2nc3n(c2c1)CC(CN1CCCCC1)CN3)Cc1ccccn1. The highest BCUT2D eigenvalue weighted by molar-refractivity contribution is 5.80. The van der Waals surface area contributed by atoms with Gasteiger partial charge >= 0.3 is 0 Å². The number of piperidine rings is 1. The molecular weight excluding hydrogens is 412 g/mol. The van der Waals surface area contributed by atoms with Crippen LogP contribution in [0.2, 0.25) is 0 Å². The summed E-state index contributed by atoms with van der Waals surface area (Å²) in [5, 5.41) is 3.57. The second-order valence-electron chi connectivity index (χ2n) is 9.57. The van der Waals surface area contributed by atoms with Crippen LogP contribution in [0.5, 0.6) is 5.75 Å². The molecule has 0 saturated carbocycles. The van der Waals surface area contributed by atoms with E-state index in [4.69, 9.17) is 9.72 Å². The third-order valence-electron chi connectivity index (χ3n) is 6.79. The number of aromatic nitrogens is 3. The van der Waals surface area contributed by atoms with Gasteiger partial charge in [0.15, 0.2) is 0 Å². The number of likely N-dealkylation sites (tertiary alicyclic amines) is 1. The number of rotatable bonds is 9. The van der Waals surface area contributed by atoms with Crippen molar-refractivity contribution in [3.63, 3.8) is 0 Å². The van der Waals surface area contributed by atoms with E-state index in [1.807, 2.05) is 24.4 Å². The molecule has 0 amide bonds. The summed E-state index contributed by atoms with van der Waals surface area (Å²) in [5.74, 6) is 2.54. The zero-order chi connectivity index (χ0) is 22.5. The number of benzene rings is 1. The fourth-order valence-electron chi connectivity index (χ4n) is 5.07. The molecule has 2 aliphatic heterocycles. The lowest BCUT2D eigenvalue weighted by molar-refractivity contribution is 0.188. The van der Waals surface area contributed by atoms with Gasteiger partial charge < -0.3 is 24.4 Å². The number of hydrogen-bond donors (Lipinski definition) is 1. The smallest absolute Gasteiger partial charge is 0.203 e. The predicted molar refractivity (Wildman–Crippen MR) is 133 cm³/mol. The van der Waals surface area contributed by atoms with Gasteiger partial charge in [0.2, 0.25) is 5.95 Å². The van der Waals surface area contributed by atoms with Gasteiger partial charge in [-0.25, -0.2) is 4.98 Å². The standard InChI is InChI=1S/C26H36N6O/c1-30(20-22-8-3-4-11-27-22)12-7-15-33-23-9-10-24-25(16-23)32-19-21(17-28-26(32)29-24)18-31-13-5-2-6-14-31/h3-4,8-11,16,21H,2,5-7,12-15,17-20H2,1H3,(H,28,29). The number of nitrogens with one attached hydrogen (secondary N) is 1. The lowest BCUT2D eigenvalue weighted by atomic mass is 10.0. The molecule has 7 heteroatoms. The molecule has 1 atom stereocenters. The Labute approximate surface area is 196 Å². The average molecular weight is 449 g/mol. The van der Waals surface area contributed by atoms with Gasteiger partial charge in [-0.2, -0.15) is 0 Å². The number of fused-ring (bicyclic) bond motifs is 3. The number of nitrogens with zero attached hydrogens (tertiary/aromatic N) is 5. The molecule has 5 rings (SSSR count). The Morgan fingerprint density at radius 1 is 1.15 bits per heavy atom. The Morgan fingerprint density at radius 3 is 2.91 bits per heavy atom. The quantitative estimate of drug-likeness (QED) is 0.502. The summed E-state index contributed by atoms with van der Waals surface area (Å²) in [5.41, 5.74) is 3.31. The first-order valence-electron chi connectivity index (χ1n) is 12.4. The Hall–Kier alpha value is -2.64. The van der Waals surface area contributed by atoms with Gasteiger partial charge in [-0.15, -0.1) is 0 Å². The zero-order valence-electron chi connectivity index (χ0n) is 19.7. The molecule has 0 radical (unpaired) electrons. The molecule has 0 spiro atoms. The third-order valence-corrected chi connectivity index (χ3v) is 6.79. The fraction of sp³-hybridized carbons (Fsp3) is 0.538. The van der Waals surface area contributed by atoms with E-state index >= 15 is 0 Å². The van der Waals surface area contributed by atoms with Gasteiger partial charge in [-0.3, -0.25) is 4.98 Å². The Balaban J connectivity index is 1.15. The van der Waals surface area contributed by atoms with Crippen LogP contribution in [0.15, 0.2) is 42.6 Å². The fourth-order valence-corrected chi connectivity index (χ4v) is 5.07. The largest absolute Gasteiger partial charge is 0.493 e. The summed E-state index contributed by atoms with van der Waals surface area (Å²) in [4.78, 5) is 14.1. The van der Waals surface area contributed by atoms with Crippen molar-refractivity contribution in [3.8, 4) is 5.75 Å². The van der Waals surface area contributed by atoms with Crippen molar-refractivity contribution < 1.29 is 4.74 Å². The molecule has 2 aromatic heterocycles. The lowest BCUT2D eigenvalue weighted by Gasteiger charge is -2.33. The summed E-state index contributed by atoms with van der Waals surface area (Å²) in [6.07, 6.45) is 6.91. The highest BCUT2D eigenvalue weighted by Crippen LogP contribution is 2.28. The maximum Gasteiger partial charge on any atom is 0.203 e. The van der Waals surface area contributed by atoms with Crippen LogP contribution < -0.4 is 10.1 Å². The molecule has 1 aromatic carbocycles. The molecule has 3 aromatic rings. The normalized spacial score (nSPS) is 18.9. The third kappa shape index (κ3) is 5.65. The van der Waals surface area contributed by atoms with Crippen LogP contribution in [0.3, 0.4) is 0 Å². The molecule has 176 valence electrons. The van der Waals surface area contributed by atoms with Crippen molar-refractivity contribution in [3.05, 3.63) is 48.3 Å². The highest BCUT2D eigenvalue weighted by atomic mass is 16.5. The van der Waals surface area contributed by atoms with E-state index in [-0.39, 0.29) is 0 Å². The minimum atomic E-state index is 0.618. The number of hydrogen-bond acceptors (Lipinski definition) is 6. The average Bonchev–Trinajstić information content (AvgIpc) is 3.20. The van der Waals surface area contributed by atoms with Crippen LogP contribution in [0, 0.1) is 5.92 Å². The highest BCUT2D eigenvalue weighted by Gasteiger charge is 2.24. The molecule has 1 unspecified atom stereocenters. The second kappa shape index (κ2) is 10.5. The summed E-state index contributed by atoms with van der Waals surface area (Å²) in [7, 11) is 2.13. The summed E-state index contributed by atoms with van der Waals surface area (Å²) in [6, 6.07) is 12.4. The molecule has 0 aliphatic carbocycles. The van der Waals surface area contributed by atoms with E-state index in [0.29, 0.717) is 12.5 Å². The van der Waals surface area contributed by atoms with Gasteiger partial charge in [0.25, 0.3) is 0 Å². The summed E-state index contributed by atoms with van der Waals surface area (Å²) >= 11 is 0. The molecular formula is C26H36N6O. The van der Waals surface area contributed by atoms with Crippen LogP contribution >= 0.6 is 0 Å². The monoisotopic (exact) mass is 448 g/mol. The van der Waals surface area contributed by atoms with Gasteiger partial charge in [-0.1, -0.05) is 12.5 Å². The van der Waals surface area contributed by atoms with Gasteiger partial charge in [-0.05, 0) is 63.7 Å². The molecule has 1 N–H and O–H groups in total. The van der Waals surface area contributed by atoms with Gasteiger partial charge in [0.05, 0.1) is 23.3 Å². The molecule has 2 aliphatic rings. The lowest BCUT2D eigenvalue weighted by Crippen LogP contribution is -2.40. The van der Waals surface area contributed by atoms with Crippen molar-refractivity contribution in [2.45, 2.75) is 38.8 Å². The number of ether oxygens (including phenoxy) is 1. The van der Waals surface area contributed by atoms with E-state index < -0.39 is 0 Å². The van der Waals surface area contributed by atoms with Gasteiger partial charge in [0, 0.05) is 50.9 Å². The Kier molecular flexibility index (Phi) is 7.07. The number of anilines is 1. The van der Waals surface area contributed by atoms with Crippen molar-refractivity contribution in [1.82, 2.24) is 24.3 Å². The summed E-state index contributed by atoms with van der Waals surface area (Å²) < 4.78 is 8.46. The number of pyridine rings is 1. The van der Waals surface area contributed by atoms with Crippen molar-refractivity contribution in [2.24, 2.45) is 5.92 Å². The first kappa shape index (κ1) is 22.2. The Morgan fingerprint density at radius 2 is 2.06 bits per heavy atom. The van der Waals surface area contributed by atoms with Crippen LogP contribution in [-0.4, -0.2) is 70.7 Å². The molecule has 4 heterocycles. The van der Waals surface area contributed by atoms with Crippen molar-refractivity contribution in [2.75, 3.05) is 51.7 Å². The van der Waals surface area contributed by atoms with E-state index in [2.05, 4.69) is 49.9 Å². The maximum absolute atomic E-state index is 6.11. The van der Waals surface area contributed by atoms with Crippen LogP contribution in [0.4, 0.5) is 5.95 Å².